The summed E-state index contributed by atoms with van der Waals surface area (Å²) in [4.78, 5) is 12.4. The van der Waals surface area contributed by atoms with Crippen LogP contribution in [-0.4, -0.2) is 20.6 Å². The molecular weight excluding hydrogens is 286 g/mol. The van der Waals surface area contributed by atoms with E-state index >= 15 is 0 Å². The van der Waals surface area contributed by atoms with Crippen molar-refractivity contribution in [2.45, 2.75) is 18.7 Å². The van der Waals surface area contributed by atoms with Crippen molar-refractivity contribution in [1.82, 2.24) is 0 Å². The lowest BCUT2D eigenvalue weighted by Gasteiger charge is -2.08. The normalized spacial score (nSPS) is 11.2. The molecule has 2 rings (SSSR count). The van der Waals surface area contributed by atoms with Gasteiger partial charge in [-0.15, -0.1) is 0 Å². The molecular formula is C16H17NO3S. The number of aryl methyl sites for hydroxylation is 2. The van der Waals surface area contributed by atoms with Crippen LogP contribution in [0, 0.1) is 13.8 Å². The zero-order chi connectivity index (χ0) is 15.6. The van der Waals surface area contributed by atoms with Crippen LogP contribution in [0.4, 0.5) is 5.69 Å². The molecule has 1 N–H and O–H groups in total. The molecule has 0 radical (unpaired) electrons. The second kappa shape index (κ2) is 5.69. The van der Waals surface area contributed by atoms with Gasteiger partial charge in [-0.3, -0.25) is 4.79 Å². The lowest BCUT2D eigenvalue weighted by atomic mass is 10.1. The van der Waals surface area contributed by atoms with Crippen molar-refractivity contribution in [3.8, 4) is 0 Å². The molecule has 4 nitrogen and oxygen atoms in total. The molecule has 0 fully saturated rings. The number of carbonyl (C=O) groups is 1. The molecule has 0 saturated heterocycles. The lowest BCUT2D eigenvalue weighted by Crippen LogP contribution is -2.12. The molecule has 0 spiro atoms. The van der Waals surface area contributed by atoms with E-state index in [1.165, 1.54) is 12.1 Å². The summed E-state index contributed by atoms with van der Waals surface area (Å²) in [5.41, 5.74) is 3.31. The van der Waals surface area contributed by atoms with E-state index in [0.29, 0.717) is 11.3 Å². The van der Waals surface area contributed by atoms with Crippen LogP contribution in [0.1, 0.15) is 21.5 Å². The van der Waals surface area contributed by atoms with Crippen molar-refractivity contribution in [2.75, 3.05) is 11.6 Å². The molecule has 0 aliphatic carbocycles. The van der Waals surface area contributed by atoms with Crippen molar-refractivity contribution in [2.24, 2.45) is 0 Å². The van der Waals surface area contributed by atoms with Crippen LogP contribution < -0.4 is 5.32 Å². The Bertz CT molecular complexity index is 778. The molecule has 2 aromatic carbocycles. The van der Waals surface area contributed by atoms with E-state index in [9.17, 15) is 13.2 Å². The molecule has 110 valence electrons. The van der Waals surface area contributed by atoms with Crippen LogP contribution in [0.2, 0.25) is 0 Å². The number of nitrogens with one attached hydrogen (secondary N) is 1. The van der Waals surface area contributed by atoms with Crippen molar-refractivity contribution < 1.29 is 13.2 Å². The van der Waals surface area contributed by atoms with E-state index in [1.807, 2.05) is 26.0 Å². The number of carbonyl (C=O) groups excluding carboxylic acids is 1. The summed E-state index contributed by atoms with van der Waals surface area (Å²) in [5, 5.41) is 2.75. The Hall–Kier alpha value is -2.14. The predicted molar refractivity (Wildman–Crippen MR) is 83.4 cm³/mol. The minimum atomic E-state index is -3.22. The van der Waals surface area contributed by atoms with E-state index in [-0.39, 0.29) is 10.8 Å². The molecule has 1 amide bonds. The first kappa shape index (κ1) is 15.3. The SMILES string of the molecule is Cc1ccc(C(=O)Nc2ccc(S(C)(=O)=O)cc2)cc1C. The van der Waals surface area contributed by atoms with Gasteiger partial charge in [-0.2, -0.15) is 0 Å². The van der Waals surface area contributed by atoms with E-state index in [4.69, 9.17) is 0 Å². The summed E-state index contributed by atoms with van der Waals surface area (Å²) >= 11 is 0. The number of anilines is 1. The Balaban J connectivity index is 2.18. The quantitative estimate of drug-likeness (QED) is 0.948. The fraction of sp³-hybridized carbons (Fsp3) is 0.188. The van der Waals surface area contributed by atoms with Crippen LogP contribution in [0.25, 0.3) is 0 Å². The fourth-order valence-corrected chi connectivity index (χ4v) is 2.50. The molecule has 0 aromatic heterocycles. The van der Waals surface area contributed by atoms with Gasteiger partial charge >= 0.3 is 0 Å². The summed E-state index contributed by atoms with van der Waals surface area (Å²) in [6.07, 6.45) is 1.15. The molecule has 0 saturated carbocycles. The van der Waals surface area contributed by atoms with Gasteiger partial charge in [0, 0.05) is 17.5 Å². The van der Waals surface area contributed by atoms with Gasteiger partial charge in [0.1, 0.15) is 0 Å². The number of hydrogen-bond donors (Lipinski definition) is 1. The van der Waals surface area contributed by atoms with Gasteiger partial charge in [-0.05, 0) is 61.4 Å². The first-order valence-electron chi connectivity index (χ1n) is 6.46. The van der Waals surface area contributed by atoms with E-state index in [1.54, 1.807) is 18.2 Å². The number of sulfone groups is 1. The third-order valence-corrected chi connectivity index (χ3v) is 4.44. The summed E-state index contributed by atoms with van der Waals surface area (Å²) in [7, 11) is -3.22. The van der Waals surface area contributed by atoms with Gasteiger partial charge in [-0.25, -0.2) is 8.42 Å². The van der Waals surface area contributed by atoms with Crippen LogP contribution in [0.15, 0.2) is 47.4 Å². The van der Waals surface area contributed by atoms with Crippen LogP contribution in [0.5, 0.6) is 0 Å². The zero-order valence-corrected chi connectivity index (χ0v) is 13.0. The monoisotopic (exact) mass is 303 g/mol. The Morgan fingerprint density at radius 1 is 0.952 bits per heavy atom. The van der Waals surface area contributed by atoms with Gasteiger partial charge < -0.3 is 5.32 Å². The van der Waals surface area contributed by atoms with Crippen molar-refractivity contribution in [1.29, 1.82) is 0 Å². The Morgan fingerprint density at radius 3 is 2.10 bits per heavy atom. The molecule has 2 aromatic rings. The summed E-state index contributed by atoms with van der Waals surface area (Å²) in [6.45, 7) is 3.94. The molecule has 0 bridgehead atoms. The molecule has 5 heteroatoms. The van der Waals surface area contributed by atoms with Crippen LogP contribution in [-0.2, 0) is 9.84 Å². The third kappa shape index (κ3) is 3.70. The van der Waals surface area contributed by atoms with Gasteiger partial charge in [-0.1, -0.05) is 6.07 Å². The minimum Gasteiger partial charge on any atom is -0.322 e. The maximum Gasteiger partial charge on any atom is 0.255 e. The van der Waals surface area contributed by atoms with Gasteiger partial charge in [0.05, 0.1) is 4.90 Å². The maximum atomic E-state index is 12.1. The molecule has 0 unspecified atom stereocenters. The average molecular weight is 303 g/mol. The highest BCUT2D eigenvalue weighted by atomic mass is 32.2. The highest BCUT2D eigenvalue weighted by molar-refractivity contribution is 7.90. The van der Waals surface area contributed by atoms with E-state index in [0.717, 1.165) is 17.4 Å². The molecule has 0 atom stereocenters. The van der Waals surface area contributed by atoms with Crippen molar-refractivity contribution in [3.05, 3.63) is 59.2 Å². The van der Waals surface area contributed by atoms with Gasteiger partial charge in [0.25, 0.3) is 5.91 Å². The second-order valence-corrected chi connectivity index (χ2v) is 7.07. The van der Waals surface area contributed by atoms with Crippen molar-refractivity contribution in [3.63, 3.8) is 0 Å². The second-order valence-electron chi connectivity index (χ2n) is 5.05. The standard InChI is InChI=1S/C16H17NO3S/c1-11-4-5-13(10-12(11)2)16(18)17-14-6-8-15(9-7-14)21(3,19)20/h4-10H,1-3H3,(H,17,18). The highest BCUT2D eigenvalue weighted by Gasteiger charge is 2.09. The van der Waals surface area contributed by atoms with Crippen LogP contribution in [0.3, 0.4) is 0 Å². The van der Waals surface area contributed by atoms with Gasteiger partial charge in [0.2, 0.25) is 0 Å². The topological polar surface area (TPSA) is 63.2 Å². The number of hydrogen-bond acceptors (Lipinski definition) is 3. The van der Waals surface area contributed by atoms with Crippen LogP contribution >= 0.6 is 0 Å². The number of benzene rings is 2. The largest absolute Gasteiger partial charge is 0.322 e. The molecule has 0 aliphatic heterocycles. The Kier molecular flexibility index (Phi) is 4.14. The predicted octanol–water partition coefficient (Wildman–Crippen LogP) is 2.96. The number of rotatable bonds is 3. The lowest BCUT2D eigenvalue weighted by molar-refractivity contribution is 0.102. The molecule has 21 heavy (non-hydrogen) atoms. The number of amides is 1. The van der Waals surface area contributed by atoms with E-state index < -0.39 is 9.84 Å². The average Bonchev–Trinajstić information content (AvgIpc) is 2.41. The maximum absolute atomic E-state index is 12.1. The smallest absolute Gasteiger partial charge is 0.255 e. The van der Waals surface area contributed by atoms with Crippen molar-refractivity contribution >= 4 is 21.4 Å². The Labute approximate surface area is 124 Å². The first-order valence-corrected chi connectivity index (χ1v) is 8.35. The van der Waals surface area contributed by atoms with Gasteiger partial charge in [0.15, 0.2) is 9.84 Å². The summed E-state index contributed by atoms with van der Waals surface area (Å²) < 4.78 is 22.7. The fourth-order valence-electron chi connectivity index (χ4n) is 1.87. The first-order chi connectivity index (χ1) is 9.77. The summed E-state index contributed by atoms with van der Waals surface area (Å²) in [5.74, 6) is -0.217. The molecule has 0 heterocycles. The summed E-state index contributed by atoms with van der Waals surface area (Å²) in [6, 6.07) is 11.6. The van der Waals surface area contributed by atoms with E-state index in [2.05, 4.69) is 5.32 Å². The molecule has 0 aliphatic rings. The Morgan fingerprint density at radius 2 is 1.57 bits per heavy atom. The third-order valence-electron chi connectivity index (χ3n) is 3.31. The minimum absolute atomic E-state index is 0.217. The highest BCUT2D eigenvalue weighted by Crippen LogP contribution is 2.16. The zero-order valence-electron chi connectivity index (χ0n) is 12.2.